The minimum atomic E-state index is -0.768. The second-order valence-corrected chi connectivity index (χ2v) is 17.1. The van der Waals surface area contributed by atoms with Crippen LogP contribution in [0.15, 0.2) is 24.3 Å². The van der Waals surface area contributed by atoms with E-state index in [4.69, 9.17) is 14.2 Å². The fraction of sp³-hybridized carbons (Fsp3) is 0.865. The van der Waals surface area contributed by atoms with Gasteiger partial charge in [0.15, 0.2) is 6.10 Å². The first-order chi connectivity index (χ1) is 28.5. The lowest BCUT2D eigenvalue weighted by atomic mass is 10.1. The molecule has 0 saturated heterocycles. The van der Waals surface area contributed by atoms with E-state index in [2.05, 4.69) is 45.1 Å². The Balaban J connectivity index is 4.16. The molecule has 0 aromatic carbocycles. The van der Waals surface area contributed by atoms with Crippen LogP contribution in [0.5, 0.6) is 0 Å². The van der Waals surface area contributed by atoms with Crippen molar-refractivity contribution in [1.29, 1.82) is 0 Å². The second-order valence-electron chi connectivity index (χ2n) is 17.1. The van der Waals surface area contributed by atoms with Crippen molar-refractivity contribution in [3.05, 3.63) is 24.3 Å². The van der Waals surface area contributed by atoms with Gasteiger partial charge in [0.25, 0.3) is 0 Å². The molecule has 0 saturated carbocycles. The molecule has 0 aliphatic heterocycles. The standard InChI is InChI=1S/C52H96O6/c1-4-7-10-13-15-17-19-21-23-25-27-28-30-32-34-36-39-42-45-51(54)57-48-49(47-56-50(53)44-41-38-12-9-6-3)58-52(55)46-43-40-37-35-33-31-29-26-24-22-20-18-16-14-11-8-5-2/h22-25,49H,4-21,26-48H2,1-3H3/b24-22-,25-23-. The molecule has 6 nitrogen and oxygen atoms in total. The van der Waals surface area contributed by atoms with E-state index in [1.807, 2.05) is 0 Å². The first kappa shape index (κ1) is 55.9. The number of carbonyl (C=O) groups excluding carboxylic acids is 3. The SMILES string of the molecule is CCCCCCCC/C=C\CCCCCCCCCC(=O)OC(COC(=O)CCCCCCC)COC(=O)CCCCCCCCC/C=C\CCCCCCCCC. The lowest BCUT2D eigenvalue weighted by molar-refractivity contribution is -0.167. The molecule has 0 aliphatic rings. The molecule has 0 amide bonds. The molecular formula is C52H96O6. The van der Waals surface area contributed by atoms with Gasteiger partial charge in [-0.25, -0.2) is 0 Å². The van der Waals surface area contributed by atoms with Gasteiger partial charge in [-0.15, -0.1) is 0 Å². The highest BCUT2D eigenvalue weighted by molar-refractivity contribution is 5.71. The summed E-state index contributed by atoms with van der Waals surface area (Å²) in [6.45, 7) is 6.56. The summed E-state index contributed by atoms with van der Waals surface area (Å²) in [6, 6.07) is 0. The first-order valence-corrected chi connectivity index (χ1v) is 25.3. The fourth-order valence-electron chi connectivity index (χ4n) is 7.31. The van der Waals surface area contributed by atoms with Crippen LogP contribution in [0.25, 0.3) is 0 Å². The molecule has 0 fully saturated rings. The maximum atomic E-state index is 12.7. The highest BCUT2D eigenvalue weighted by Gasteiger charge is 2.19. The summed E-state index contributed by atoms with van der Waals surface area (Å²) < 4.78 is 16.7. The first-order valence-electron chi connectivity index (χ1n) is 25.3. The highest BCUT2D eigenvalue weighted by Crippen LogP contribution is 2.15. The van der Waals surface area contributed by atoms with Crippen molar-refractivity contribution >= 4 is 17.9 Å². The summed E-state index contributed by atoms with van der Waals surface area (Å²) in [6.07, 6.45) is 53.4. The van der Waals surface area contributed by atoms with Crippen LogP contribution in [-0.4, -0.2) is 37.2 Å². The quantitative estimate of drug-likeness (QED) is 0.0263. The van der Waals surface area contributed by atoms with E-state index in [1.165, 1.54) is 167 Å². The van der Waals surface area contributed by atoms with Crippen molar-refractivity contribution in [2.75, 3.05) is 13.2 Å². The van der Waals surface area contributed by atoms with Crippen molar-refractivity contribution in [3.8, 4) is 0 Å². The van der Waals surface area contributed by atoms with Crippen molar-refractivity contribution in [2.45, 2.75) is 277 Å². The number of unbranched alkanes of at least 4 members (excludes halogenated alkanes) is 31. The van der Waals surface area contributed by atoms with Crippen LogP contribution in [0.4, 0.5) is 0 Å². The van der Waals surface area contributed by atoms with Gasteiger partial charge in [-0.05, 0) is 70.6 Å². The molecule has 0 aliphatic carbocycles. The van der Waals surface area contributed by atoms with Crippen molar-refractivity contribution in [1.82, 2.24) is 0 Å². The molecule has 0 spiro atoms. The zero-order chi connectivity index (χ0) is 42.3. The zero-order valence-electron chi connectivity index (χ0n) is 38.8. The molecule has 1 atom stereocenters. The molecule has 6 heteroatoms. The molecular weight excluding hydrogens is 721 g/mol. The van der Waals surface area contributed by atoms with Gasteiger partial charge in [-0.1, -0.05) is 206 Å². The molecule has 0 radical (unpaired) electrons. The molecule has 0 aromatic heterocycles. The van der Waals surface area contributed by atoms with Crippen LogP contribution in [0, 0.1) is 0 Å². The Bertz CT molecular complexity index is 942. The van der Waals surface area contributed by atoms with E-state index in [1.54, 1.807) is 0 Å². The number of allylic oxidation sites excluding steroid dienone is 4. The van der Waals surface area contributed by atoms with Gasteiger partial charge >= 0.3 is 17.9 Å². The summed E-state index contributed by atoms with van der Waals surface area (Å²) in [7, 11) is 0. The molecule has 0 heterocycles. The van der Waals surface area contributed by atoms with Gasteiger partial charge < -0.3 is 14.2 Å². The van der Waals surface area contributed by atoms with Gasteiger partial charge in [0.2, 0.25) is 0 Å². The number of esters is 3. The lowest BCUT2D eigenvalue weighted by Crippen LogP contribution is -2.30. The summed E-state index contributed by atoms with van der Waals surface area (Å²) in [4.78, 5) is 37.6. The summed E-state index contributed by atoms with van der Waals surface area (Å²) in [5.41, 5.74) is 0. The van der Waals surface area contributed by atoms with Crippen LogP contribution < -0.4 is 0 Å². The molecule has 0 aromatic rings. The number of ether oxygens (including phenoxy) is 3. The summed E-state index contributed by atoms with van der Waals surface area (Å²) in [5.74, 6) is -0.886. The number of carbonyl (C=O) groups is 3. The smallest absolute Gasteiger partial charge is 0.306 e. The normalized spacial score (nSPS) is 12.1. The monoisotopic (exact) mass is 817 g/mol. The Hall–Kier alpha value is -2.11. The summed E-state index contributed by atoms with van der Waals surface area (Å²) >= 11 is 0. The third kappa shape index (κ3) is 45.0. The van der Waals surface area contributed by atoms with E-state index in [0.29, 0.717) is 19.3 Å². The minimum Gasteiger partial charge on any atom is -0.462 e. The molecule has 0 rings (SSSR count). The van der Waals surface area contributed by atoms with E-state index >= 15 is 0 Å². The van der Waals surface area contributed by atoms with Crippen LogP contribution >= 0.6 is 0 Å². The predicted molar refractivity (Wildman–Crippen MR) is 247 cm³/mol. The van der Waals surface area contributed by atoms with E-state index in [9.17, 15) is 14.4 Å². The fourth-order valence-corrected chi connectivity index (χ4v) is 7.31. The van der Waals surface area contributed by atoms with Gasteiger partial charge in [-0.2, -0.15) is 0 Å². The summed E-state index contributed by atoms with van der Waals surface area (Å²) in [5, 5.41) is 0. The third-order valence-electron chi connectivity index (χ3n) is 11.2. The third-order valence-corrected chi connectivity index (χ3v) is 11.2. The van der Waals surface area contributed by atoms with Crippen LogP contribution in [0.2, 0.25) is 0 Å². The van der Waals surface area contributed by atoms with Crippen molar-refractivity contribution in [2.24, 2.45) is 0 Å². The molecule has 340 valence electrons. The molecule has 0 bridgehead atoms. The van der Waals surface area contributed by atoms with E-state index < -0.39 is 6.10 Å². The van der Waals surface area contributed by atoms with Crippen LogP contribution in [-0.2, 0) is 28.6 Å². The Labute approximate surface area is 360 Å². The topological polar surface area (TPSA) is 78.9 Å². The Morgan fingerprint density at radius 2 is 0.569 bits per heavy atom. The average molecular weight is 817 g/mol. The molecule has 0 N–H and O–H groups in total. The minimum absolute atomic E-state index is 0.0733. The molecule has 1 unspecified atom stereocenters. The maximum absolute atomic E-state index is 12.7. The average Bonchev–Trinajstić information content (AvgIpc) is 3.22. The van der Waals surface area contributed by atoms with E-state index in [0.717, 1.165) is 64.2 Å². The van der Waals surface area contributed by atoms with Gasteiger partial charge in [-0.3, -0.25) is 14.4 Å². The number of hydrogen-bond donors (Lipinski definition) is 0. The largest absolute Gasteiger partial charge is 0.462 e. The van der Waals surface area contributed by atoms with Crippen LogP contribution in [0.3, 0.4) is 0 Å². The zero-order valence-corrected chi connectivity index (χ0v) is 38.8. The van der Waals surface area contributed by atoms with Gasteiger partial charge in [0.1, 0.15) is 13.2 Å². The Kier molecular flexibility index (Phi) is 45.8. The Morgan fingerprint density at radius 1 is 0.328 bits per heavy atom. The van der Waals surface area contributed by atoms with Crippen molar-refractivity contribution in [3.63, 3.8) is 0 Å². The molecule has 58 heavy (non-hydrogen) atoms. The number of hydrogen-bond acceptors (Lipinski definition) is 6. The van der Waals surface area contributed by atoms with Gasteiger partial charge in [0.05, 0.1) is 0 Å². The highest BCUT2D eigenvalue weighted by atomic mass is 16.6. The Morgan fingerprint density at radius 3 is 0.862 bits per heavy atom. The predicted octanol–water partition coefficient (Wildman–Crippen LogP) is 16.4. The van der Waals surface area contributed by atoms with Gasteiger partial charge in [0, 0.05) is 19.3 Å². The number of rotatable bonds is 46. The maximum Gasteiger partial charge on any atom is 0.306 e. The van der Waals surface area contributed by atoms with Crippen LogP contribution in [0.1, 0.15) is 271 Å². The van der Waals surface area contributed by atoms with E-state index in [-0.39, 0.29) is 31.1 Å². The lowest BCUT2D eigenvalue weighted by Gasteiger charge is -2.18. The van der Waals surface area contributed by atoms with Crippen molar-refractivity contribution < 1.29 is 28.6 Å². The second kappa shape index (κ2) is 47.6.